The minimum atomic E-state index is 0.124. The minimum absolute atomic E-state index is 0.124. The number of aryl methyl sites for hydroxylation is 1. The molecule has 0 fully saturated rings. The predicted molar refractivity (Wildman–Crippen MR) is 78.1 cm³/mol. The number of hydrogen-bond donors (Lipinski definition) is 1. The van der Waals surface area contributed by atoms with E-state index in [-0.39, 0.29) is 5.54 Å². The Balaban J connectivity index is 2.76. The zero-order valence-electron chi connectivity index (χ0n) is 12.6. The largest absolute Gasteiger partial charge is 0.493 e. The van der Waals surface area contributed by atoms with Gasteiger partial charge in [-0.15, -0.1) is 0 Å². The first-order valence-electron chi connectivity index (χ1n) is 6.75. The van der Waals surface area contributed by atoms with Crippen molar-refractivity contribution in [3.63, 3.8) is 0 Å². The lowest BCUT2D eigenvalue weighted by Gasteiger charge is -2.22. The topological polar surface area (TPSA) is 21.3 Å². The van der Waals surface area contributed by atoms with Crippen LogP contribution in [0.15, 0.2) is 18.2 Å². The van der Waals surface area contributed by atoms with Crippen LogP contribution in [-0.2, 0) is 6.54 Å². The van der Waals surface area contributed by atoms with E-state index in [2.05, 4.69) is 65.1 Å². The molecule has 0 amide bonds. The van der Waals surface area contributed by atoms with Gasteiger partial charge in [0, 0.05) is 17.6 Å². The van der Waals surface area contributed by atoms with Crippen LogP contribution >= 0.6 is 0 Å². The van der Waals surface area contributed by atoms with Crippen LogP contribution in [0.2, 0.25) is 0 Å². The number of hydrogen-bond acceptors (Lipinski definition) is 2. The molecule has 2 heteroatoms. The van der Waals surface area contributed by atoms with Crippen LogP contribution < -0.4 is 10.1 Å². The van der Waals surface area contributed by atoms with Crippen molar-refractivity contribution < 1.29 is 4.74 Å². The molecular weight excluding hydrogens is 222 g/mol. The SMILES string of the molecule is Cc1ccc(OCC(C)C)c(CNC(C)(C)C)c1. The summed E-state index contributed by atoms with van der Waals surface area (Å²) in [6.45, 7) is 14.6. The average molecular weight is 249 g/mol. The van der Waals surface area contributed by atoms with Crippen molar-refractivity contribution in [2.75, 3.05) is 6.61 Å². The molecule has 0 aliphatic carbocycles. The van der Waals surface area contributed by atoms with E-state index in [9.17, 15) is 0 Å². The van der Waals surface area contributed by atoms with Gasteiger partial charge in [0.05, 0.1) is 6.61 Å². The first-order valence-corrected chi connectivity index (χ1v) is 6.75. The van der Waals surface area contributed by atoms with Crippen LogP contribution in [0.25, 0.3) is 0 Å². The molecule has 0 atom stereocenters. The fourth-order valence-corrected chi connectivity index (χ4v) is 1.60. The summed E-state index contributed by atoms with van der Waals surface area (Å²) < 4.78 is 5.88. The number of rotatable bonds is 5. The van der Waals surface area contributed by atoms with Crippen molar-refractivity contribution >= 4 is 0 Å². The molecule has 0 bridgehead atoms. The van der Waals surface area contributed by atoms with Gasteiger partial charge in [-0.3, -0.25) is 0 Å². The molecule has 1 N–H and O–H groups in total. The molecule has 0 aliphatic heterocycles. The van der Waals surface area contributed by atoms with Crippen LogP contribution in [0.5, 0.6) is 5.75 Å². The molecule has 0 aliphatic rings. The second-order valence-electron chi connectivity index (χ2n) is 6.42. The van der Waals surface area contributed by atoms with Crippen LogP contribution in [-0.4, -0.2) is 12.1 Å². The van der Waals surface area contributed by atoms with Crippen molar-refractivity contribution in [3.8, 4) is 5.75 Å². The molecule has 0 saturated heterocycles. The number of ether oxygens (including phenoxy) is 1. The lowest BCUT2D eigenvalue weighted by molar-refractivity contribution is 0.267. The Morgan fingerprint density at radius 1 is 1.22 bits per heavy atom. The molecular formula is C16H27NO. The van der Waals surface area contributed by atoms with Crippen LogP contribution in [0.4, 0.5) is 0 Å². The quantitative estimate of drug-likeness (QED) is 0.854. The molecule has 0 radical (unpaired) electrons. The molecule has 18 heavy (non-hydrogen) atoms. The van der Waals surface area contributed by atoms with Gasteiger partial charge in [-0.2, -0.15) is 0 Å². The molecule has 1 aromatic carbocycles. The zero-order chi connectivity index (χ0) is 13.8. The monoisotopic (exact) mass is 249 g/mol. The fraction of sp³-hybridized carbons (Fsp3) is 0.625. The van der Waals surface area contributed by atoms with E-state index in [0.717, 1.165) is 18.9 Å². The normalized spacial score (nSPS) is 11.9. The van der Waals surface area contributed by atoms with Crippen molar-refractivity contribution in [2.45, 2.75) is 53.6 Å². The first-order chi connectivity index (χ1) is 8.28. The summed E-state index contributed by atoms with van der Waals surface area (Å²) >= 11 is 0. The molecule has 0 aromatic heterocycles. The van der Waals surface area contributed by atoms with Gasteiger partial charge in [-0.05, 0) is 39.7 Å². The maximum atomic E-state index is 5.88. The average Bonchev–Trinajstić information content (AvgIpc) is 2.23. The zero-order valence-corrected chi connectivity index (χ0v) is 12.6. The first kappa shape index (κ1) is 15.0. The van der Waals surface area contributed by atoms with E-state index in [1.54, 1.807) is 0 Å². The molecule has 2 nitrogen and oxygen atoms in total. The molecule has 0 unspecified atom stereocenters. The smallest absolute Gasteiger partial charge is 0.123 e. The van der Waals surface area contributed by atoms with Crippen LogP contribution in [0, 0.1) is 12.8 Å². The second-order valence-corrected chi connectivity index (χ2v) is 6.42. The Morgan fingerprint density at radius 2 is 1.89 bits per heavy atom. The minimum Gasteiger partial charge on any atom is -0.493 e. The van der Waals surface area contributed by atoms with Gasteiger partial charge in [-0.25, -0.2) is 0 Å². The molecule has 0 saturated carbocycles. The highest BCUT2D eigenvalue weighted by atomic mass is 16.5. The van der Waals surface area contributed by atoms with Gasteiger partial charge >= 0.3 is 0 Å². The highest BCUT2D eigenvalue weighted by Gasteiger charge is 2.11. The summed E-state index contributed by atoms with van der Waals surface area (Å²) in [4.78, 5) is 0. The molecule has 1 aromatic rings. The van der Waals surface area contributed by atoms with E-state index in [1.807, 2.05) is 0 Å². The predicted octanol–water partition coefficient (Wildman–Crippen LogP) is 3.92. The highest BCUT2D eigenvalue weighted by molar-refractivity contribution is 5.37. The summed E-state index contributed by atoms with van der Waals surface area (Å²) in [5.41, 5.74) is 2.64. The Morgan fingerprint density at radius 3 is 2.44 bits per heavy atom. The van der Waals surface area contributed by atoms with Crippen molar-refractivity contribution in [1.82, 2.24) is 5.32 Å². The van der Waals surface area contributed by atoms with E-state index in [0.29, 0.717) is 5.92 Å². The lowest BCUT2D eigenvalue weighted by atomic mass is 10.1. The van der Waals surface area contributed by atoms with Crippen LogP contribution in [0.3, 0.4) is 0 Å². The second kappa shape index (κ2) is 6.24. The van der Waals surface area contributed by atoms with E-state index < -0.39 is 0 Å². The van der Waals surface area contributed by atoms with Gasteiger partial charge < -0.3 is 10.1 Å². The van der Waals surface area contributed by atoms with Gasteiger partial charge in [0.15, 0.2) is 0 Å². The van der Waals surface area contributed by atoms with Gasteiger partial charge in [-0.1, -0.05) is 31.5 Å². The van der Waals surface area contributed by atoms with E-state index in [4.69, 9.17) is 4.74 Å². The van der Waals surface area contributed by atoms with Crippen molar-refractivity contribution in [2.24, 2.45) is 5.92 Å². The van der Waals surface area contributed by atoms with Crippen LogP contribution in [0.1, 0.15) is 45.7 Å². The Labute approximate surface area is 112 Å². The van der Waals surface area contributed by atoms with E-state index in [1.165, 1.54) is 11.1 Å². The summed E-state index contributed by atoms with van der Waals surface area (Å²) in [5.74, 6) is 1.56. The molecule has 1 rings (SSSR count). The highest BCUT2D eigenvalue weighted by Crippen LogP contribution is 2.21. The van der Waals surface area contributed by atoms with Gasteiger partial charge in [0.1, 0.15) is 5.75 Å². The number of benzene rings is 1. The maximum absolute atomic E-state index is 5.88. The summed E-state index contributed by atoms with van der Waals surface area (Å²) in [5, 5.41) is 3.51. The lowest BCUT2D eigenvalue weighted by Crippen LogP contribution is -2.35. The summed E-state index contributed by atoms with van der Waals surface area (Å²) in [7, 11) is 0. The maximum Gasteiger partial charge on any atom is 0.123 e. The Kier molecular flexibility index (Phi) is 5.21. The van der Waals surface area contributed by atoms with Gasteiger partial charge in [0.2, 0.25) is 0 Å². The Bertz CT molecular complexity index is 377. The van der Waals surface area contributed by atoms with E-state index >= 15 is 0 Å². The van der Waals surface area contributed by atoms with Gasteiger partial charge in [0.25, 0.3) is 0 Å². The summed E-state index contributed by atoms with van der Waals surface area (Å²) in [6.07, 6.45) is 0. The molecule has 102 valence electrons. The molecule has 0 heterocycles. The Hall–Kier alpha value is -1.02. The fourth-order valence-electron chi connectivity index (χ4n) is 1.60. The third-order valence-corrected chi connectivity index (χ3v) is 2.60. The van der Waals surface area contributed by atoms with Crippen molar-refractivity contribution in [3.05, 3.63) is 29.3 Å². The third-order valence-electron chi connectivity index (χ3n) is 2.60. The third kappa shape index (κ3) is 5.54. The standard InChI is InChI=1S/C16H27NO/c1-12(2)11-18-15-8-7-13(3)9-14(15)10-17-16(4,5)6/h7-9,12,17H,10-11H2,1-6H3. The van der Waals surface area contributed by atoms with Crippen molar-refractivity contribution in [1.29, 1.82) is 0 Å². The molecule has 0 spiro atoms. The summed E-state index contributed by atoms with van der Waals surface area (Å²) in [6, 6.07) is 6.39. The number of nitrogens with one attached hydrogen (secondary N) is 1.